The van der Waals surface area contributed by atoms with E-state index >= 15 is 0 Å². The molecule has 2 aromatic heterocycles. The van der Waals surface area contributed by atoms with Crippen LogP contribution in [0.5, 0.6) is 5.75 Å². The lowest BCUT2D eigenvalue weighted by atomic mass is 9.92. The van der Waals surface area contributed by atoms with Crippen LogP contribution in [0.1, 0.15) is 54.1 Å². The van der Waals surface area contributed by atoms with Crippen LogP contribution in [0.4, 0.5) is 11.4 Å². The molecule has 0 spiro atoms. The molecule has 40 heavy (non-hydrogen) atoms. The van der Waals surface area contributed by atoms with E-state index in [1.165, 1.54) is 6.20 Å². The van der Waals surface area contributed by atoms with E-state index in [0.29, 0.717) is 35.0 Å². The van der Waals surface area contributed by atoms with Crippen LogP contribution in [0.3, 0.4) is 0 Å². The van der Waals surface area contributed by atoms with Crippen molar-refractivity contribution in [3.8, 4) is 17.1 Å². The second kappa shape index (κ2) is 12.5. The number of ether oxygens (including phenoxy) is 1. The number of nitrogens with two attached hydrogens (primary N) is 1. The van der Waals surface area contributed by atoms with Crippen molar-refractivity contribution in [2.75, 3.05) is 18.5 Å². The Bertz CT molecular complexity index is 1470. The molecule has 0 radical (unpaired) electrons. The van der Waals surface area contributed by atoms with Gasteiger partial charge in [-0.15, -0.1) is 0 Å². The number of imidazole rings is 1. The quantitative estimate of drug-likeness (QED) is 0.166. The molecule has 7 N–H and O–H groups in total. The lowest BCUT2D eigenvalue weighted by Gasteiger charge is -2.29. The van der Waals surface area contributed by atoms with Gasteiger partial charge >= 0.3 is 0 Å². The number of fused-ring (bicyclic) bond motifs is 1. The third kappa shape index (κ3) is 5.94. The Labute approximate surface area is 233 Å². The number of anilines is 2. The standard InChI is InChI=1S/C30H36N6O4/c1-2-21-19(16-32-24-7-3-4-9-25(24)38)6-5-8-23(21)34-26-22(28(31)39)17-33-30-27(26)35-29(36-30)18-10-12-20(13-11-18)40-15-14-37/h5-6,8,10-13,17,24-25,32,37-38H,2-4,7,9,14-16H2,1H3,(H2,31,39)(H2,33,34,35,36). The number of rotatable bonds is 11. The number of carbonyl (C=O) groups excluding carboxylic acids is 1. The largest absolute Gasteiger partial charge is 0.491 e. The number of aliphatic hydroxyl groups excluding tert-OH is 2. The summed E-state index contributed by atoms with van der Waals surface area (Å²) >= 11 is 0. The summed E-state index contributed by atoms with van der Waals surface area (Å²) in [6.07, 6.45) is 5.91. The summed E-state index contributed by atoms with van der Waals surface area (Å²) in [6.45, 7) is 2.90. The van der Waals surface area contributed by atoms with E-state index in [4.69, 9.17) is 20.6 Å². The lowest BCUT2D eigenvalue weighted by molar-refractivity contribution is 0.0902. The molecule has 2 aromatic carbocycles. The second-order valence-electron chi connectivity index (χ2n) is 10.1. The minimum atomic E-state index is -0.603. The van der Waals surface area contributed by atoms with E-state index in [0.717, 1.165) is 54.5 Å². The van der Waals surface area contributed by atoms with Gasteiger partial charge < -0.3 is 36.3 Å². The highest BCUT2D eigenvalue weighted by Crippen LogP contribution is 2.33. The Balaban J connectivity index is 1.46. The summed E-state index contributed by atoms with van der Waals surface area (Å²) in [5, 5.41) is 26.4. The first-order valence-corrected chi connectivity index (χ1v) is 13.8. The highest BCUT2D eigenvalue weighted by Gasteiger charge is 2.23. The molecule has 10 heteroatoms. The van der Waals surface area contributed by atoms with Gasteiger partial charge in [-0.3, -0.25) is 4.79 Å². The van der Waals surface area contributed by atoms with Crippen LogP contribution in [-0.2, 0) is 13.0 Å². The Hall–Kier alpha value is -3.99. The van der Waals surface area contributed by atoms with E-state index in [1.54, 1.807) is 12.1 Å². The molecule has 0 aliphatic heterocycles. The van der Waals surface area contributed by atoms with Crippen molar-refractivity contribution in [1.29, 1.82) is 0 Å². The number of aromatic amines is 1. The third-order valence-electron chi connectivity index (χ3n) is 7.44. The second-order valence-corrected chi connectivity index (χ2v) is 10.1. The van der Waals surface area contributed by atoms with Crippen LogP contribution in [0, 0.1) is 0 Å². The zero-order valence-corrected chi connectivity index (χ0v) is 22.6. The summed E-state index contributed by atoms with van der Waals surface area (Å²) in [5.74, 6) is 0.624. The number of carbonyl (C=O) groups is 1. The molecule has 4 aromatic rings. The van der Waals surface area contributed by atoms with Crippen molar-refractivity contribution in [3.05, 3.63) is 65.4 Å². The van der Waals surface area contributed by atoms with Gasteiger partial charge in [0.05, 0.1) is 24.0 Å². The molecule has 0 bridgehead atoms. The number of hydrogen-bond acceptors (Lipinski definition) is 8. The van der Waals surface area contributed by atoms with Gasteiger partial charge in [-0.2, -0.15) is 0 Å². The fourth-order valence-electron chi connectivity index (χ4n) is 5.34. The van der Waals surface area contributed by atoms with Gasteiger partial charge in [-0.1, -0.05) is 31.9 Å². The minimum absolute atomic E-state index is 0.0578. The summed E-state index contributed by atoms with van der Waals surface area (Å²) in [6, 6.07) is 13.5. The molecule has 2 heterocycles. The molecule has 2 unspecified atom stereocenters. The number of hydrogen-bond donors (Lipinski definition) is 6. The number of benzene rings is 2. The number of pyridine rings is 1. The van der Waals surface area contributed by atoms with Gasteiger partial charge in [0.25, 0.3) is 5.91 Å². The van der Waals surface area contributed by atoms with Gasteiger partial charge in [-0.05, 0) is 60.7 Å². The average Bonchev–Trinajstić information content (AvgIpc) is 3.41. The molecule has 10 nitrogen and oxygen atoms in total. The Morgan fingerprint density at radius 2 is 1.98 bits per heavy atom. The van der Waals surface area contributed by atoms with Crippen molar-refractivity contribution >= 4 is 28.4 Å². The first-order chi connectivity index (χ1) is 19.5. The van der Waals surface area contributed by atoms with Gasteiger partial charge in [0.15, 0.2) is 5.65 Å². The number of nitrogens with one attached hydrogen (secondary N) is 3. The molecule has 2 atom stereocenters. The molecule has 0 saturated heterocycles. The monoisotopic (exact) mass is 544 g/mol. The molecule has 1 fully saturated rings. The van der Waals surface area contributed by atoms with Gasteiger partial charge in [-0.25, -0.2) is 9.97 Å². The Kier molecular flexibility index (Phi) is 8.59. The molecular formula is C30H36N6O4. The van der Waals surface area contributed by atoms with E-state index < -0.39 is 5.91 Å². The highest BCUT2D eigenvalue weighted by molar-refractivity contribution is 6.06. The van der Waals surface area contributed by atoms with Crippen LogP contribution in [0.25, 0.3) is 22.6 Å². The SMILES string of the molecule is CCc1c(CNC2CCCCC2O)cccc1Nc1c(C(N)=O)cnc2[nH]c(-c3ccc(OCCO)cc3)nc12. The molecule has 1 saturated carbocycles. The number of primary amides is 1. The molecular weight excluding hydrogens is 508 g/mol. The molecule has 1 amide bonds. The average molecular weight is 545 g/mol. The molecule has 1 aliphatic rings. The molecule has 5 rings (SSSR count). The maximum absolute atomic E-state index is 12.4. The Morgan fingerprint density at radius 1 is 1.18 bits per heavy atom. The minimum Gasteiger partial charge on any atom is -0.491 e. The summed E-state index contributed by atoms with van der Waals surface area (Å²) in [5.41, 5.74) is 11.4. The maximum Gasteiger partial charge on any atom is 0.252 e. The molecule has 1 aliphatic carbocycles. The number of amides is 1. The van der Waals surface area contributed by atoms with Crippen molar-refractivity contribution in [2.45, 2.75) is 57.7 Å². The van der Waals surface area contributed by atoms with E-state index in [-0.39, 0.29) is 30.9 Å². The van der Waals surface area contributed by atoms with Crippen LogP contribution < -0.4 is 21.1 Å². The van der Waals surface area contributed by atoms with Crippen molar-refractivity contribution in [2.24, 2.45) is 5.73 Å². The van der Waals surface area contributed by atoms with Crippen LogP contribution in [-0.4, -0.2) is 56.4 Å². The zero-order chi connectivity index (χ0) is 28.1. The number of nitrogens with zero attached hydrogens (tertiary/aromatic N) is 2. The van der Waals surface area contributed by atoms with Crippen LogP contribution in [0.2, 0.25) is 0 Å². The molecule has 210 valence electrons. The predicted octanol–water partition coefficient (Wildman–Crippen LogP) is 3.79. The third-order valence-corrected chi connectivity index (χ3v) is 7.44. The number of aromatic nitrogens is 3. The fraction of sp³-hybridized carbons (Fsp3) is 0.367. The number of H-pyrrole nitrogens is 1. The number of aliphatic hydroxyl groups is 2. The van der Waals surface area contributed by atoms with Crippen molar-refractivity contribution in [3.63, 3.8) is 0 Å². The van der Waals surface area contributed by atoms with E-state index in [1.807, 2.05) is 24.3 Å². The zero-order valence-electron chi connectivity index (χ0n) is 22.6. The van der Waals surface area contributed by atoms with Gasteiger partial charge in [0, 0.05) is 30.0 Å². The first-order valence-electron chi connectivity index (χ1n) is 13.8. The van der Waals surface area contributed by atoms with Crippen molar-refractivity contribution in [1.82, 2.24) is 20.3 Å². The van der Waals surface area contributed by atoms with Crippen LogP contribution >= 0.6 is 0 Å². The van der Waals surface area contributed by atoms with Crippen LogP contribution in [0.15, 0.2) is 48.7 Å². The summed E-state index contributed by atoms with van der Waals surface area (Å²) < 4.78 is 5.45. The lowest BCUT2D eigenvalue weighted by Crippen LogP contribution is -2.41. The van der Waals surface area contributed by atoms with E-state index in [2.05, 4.69) is 33.6 Å². The van der Waals surface area contributed by atoms with Gasteiger partial charge in [0.2, 0.25) is 0 Å². The van der Waals surface area contributed by atoms with Gasteiger partial charge in [0.1, 0.15) is 23.7 Å². The highest BCUT2D eigenvalue weighted by atomic mass is 16.5. The summed E-state index contributed by atoms with van der Waals surface area (Å²) in [7, 11) is 0. The summed E-state index contributed by atoms with van der Waals surface area (Å²) in [4.78, 5) is 24.9. The normalized spacial score (nSPS) is 17.2. The Morgan fingerprint density at radius 3 is 2.70 bits per heavy atom. The predicted molar refractivity (Wildman–Crippen MR) is 155 cm³/mol. The topological polar surface area (TPSA) is 158 Å². The maximum atomic E-state index is 12.4. The van der Waals surface area contributed by atoms with Crippen molar-refractivity contribution < 1.29 is 19.7 Å². The smallest absolute Gasteiger partial charge is 0.252 e. The fourth-order valence-corrected chi connectivity index (χ4v) is 5.34. The first kappa shape index (κ1) is 27.6. The van der Waals surface area contributed by atoms with E-state index in [9.17, 15) is 9.90 Å².